The van der Waals surface area contributed by atoms with E-state index >= 15 is 0 Å². The molecule has 0 aliphatic heterocycles. The van der Waals surface area contributed by atoms with Crippen molar-refractivity contribution in [2.75, 3.05) is 0 Å². The molecule has 0 radical (unpaired) electrons. The molecule has 0 heterocycles. The summed E-state index contributed by atoms with van der Waals surface area (Å²) in [6.07, 6.45) is 0. The largest absolute Gasteiger partial charge is 0.489 e. The molecule has 0 saturated heterocycles. The van der Waals surface area contributed by atoms with Gasteiger partial charge in [-0.1, -0.05) is 61.2 Å². The van der Waals surface area contributed by atoms with Crippen LogP contribution in [-0.4, -0.2) is 0 Å². The van der Waals surface area contributed by atoms with Crippen molar-refractivity contribution < 1.29 is 4.74 Å². The van der Waals surface area contributed by atoms with Gasteiger partial charge in [-0.25, -0.2) is 0 Å². The van der Waals surface area contributed by atoms with Crippen LogP contribution in [0.25, 0.3) is 5.76 Å². The summed E-state index contributed by atoms with van der Waals surface area (Å²) in [7, 11) is 0. The van der Waals surface area contributed by atoms with Crippen molar-refractivity contribution >= 4 is 5.76 Å². The lowest BCUT2D eigenvalue weighted by atomic mass is 10.1. The fourth-order valence-electron chi connectivity index (χ4n) is 1.64. The average molecular weight is 224 g/mol. The first-order valence-corrected chi connectivity index (χ1v) is 5.69. The number of ether oxygens (including phenoxy) is 1. The number of rotatable bonds is 4. The lowest BCUT2D eigenvalue weighted by molar-refractivity contribution is 0.264. The molecule has 0 aliphatic rings. The molecule has 0 spiro atoms. The van der Waals surface area contributed by atoms with E-state index in [-0.39, 0.29) is 0 Å². The van der Waals surface area contributed by atoms with Crippen molar-refractivity contribution in [1.29, 1.82) is 0 Å². The van der Waals surface area contributed by atoms with E-state index in [1.54, 1.807) is 0 Å². The Morgan fingerprint density at radius 1 is 1.00 bits per heavy atom. The molecule has 2 aromatic carbocycles. The van der Waals surface area contributed by atoms with Crippen LogP contribution in [0.2, 0.25) is 0 Å². The highest BCUT2D eigenvalue weighted by Crippen LogP contribution is 2.16. The van der Waals surface area contributed by atoms with E-state index in [2.05, 4.69) is 25.6 Å². The molecular formula is C16H16O. The molecule has 0 N–H and O–H groups in total. The van der Waals surface area contributed by atoms with Gasteiger partial charge in [0.15, 0.2) is 0 Å². The molecule has 0 saturated carbocycles. The fraction of sp³-hybridized carbons (Fsp3) is 0.125. The third-order valence-electron chi connectivity index (χ3n) is 2.76. The van der Waals surface area contributed by atoms with Crippen molar-refractivity contribution in [2.24, 2.45) is 0 Å². The van der Waals surface area contributed by atoms with Gasteiger partial charge in [0.05, 0.1) is 0 Å². The molecular weight excluding hydrogens is 208 g/mol. The summed E-state index contributed by atoms with van der Waals surface area (Å²) in [5, 5.41) is 0. The van der Waals surface area contributed by atoms with Gasteiger partial charge in [0.2, 0.25) is 0 Å². The van der Waals surface area contributed by atoms with Gasteiger partial charge in [0.1, 0.15) is 12.4 Å². The fourth-order valence-corrected chi connectivity index (χ4v) is 1.64. The first kappa shape index (κ1) is 11.5. The number of benzene rings is 2. The zero-order valence-electron chi connectivity index (χ0n) is 10.0. The summed E-state index contributed by atoms with van der Waals surface area (Å²) < 4.78 is 5.70. The maximum atomic E-state index is 5.70. The Morgan fingerprint density at radius 3 is 2.35 bits per heavy atom. The van der Waals surface area contributed by atoms with E-state index in [0.717, 1.165) is 5.56 Å². The van der Waals surface area contributed by atoms with Crippen LogP contribution in [0.1, 0.15) is 16.7 Å². The molecule has 2 rings (SSSR count). The number of hydrogen-bond donors (Lipinski definition) is 0. The van der Waals surface area contributed by atoms with E-state index < -0.39 is 0 Å². The molecule has 0 unspecified atom stereocenters. The molecule has 2 aromatic rings. The second-order valence-electron chi connectivity index (χ2n) is 4.00. The number of aryl methyl sites for hydroxylation is 1. The Labute approximate surface area is 102 Å². The van der Waals surface area contributed by atoms with Crippen molar-refractivity contribution in [2.45, 2.75) is 13.5 Å². The van der Waals surface area contributed by atoms with E-state index in [1.807, 2.05) is 42.5 Å². The second-order valence-corrected chi connectivity index (χ2v) is 4.00. The zero-order valence-corrected chi connectivity index (χ0v) is 10.0. The lowest BCUT2D eigenvalue weighted by Gasteiger charge is -2.10. The molecule has 86 valence electrons. The zero-order chi connectivity index (χ0) is 12.1. The first-order chi connectivity index (χ1) is 8.27. The van der Waals surface area contributed by atoms with Gasteiger partial charge >= 0.3 is 0 Å². The van der Waals surface area contributed by atoms with Gasteiger partial charge in [-0.2, -0.15) is 0 Å². The van der Waals surface area contributed by atoms with E-state index in [9.17, 15) is 0 Å². The first-order valence-electron chi connectivity index (χ1n) is 5.69. The van der Waals surface area contributed by atoms with Crippen molar-refractivity contribution in [1.82, 2.24) is 0 Å². The predicted molar refractivity (Wildman–Crippen MR) is 71.4 cm³/mol. The van der Waals surface area contributed by atoms with Gasteiger partial charge in [-0.3, -0.25) is 0 Å². The Balaban J connectivity index is 2.00. The molecule has 1 nitrogen and oxygen atoms in total. The Kier molecular flexibility index (Phi) is 3.61. The predicted octanol–water partition coefficient (Wildman–Crippen LogP) is 4.18. The normalized spacial score (nSPS) is 9.94. The third-order valence-corrected chi connectivity index (χ3v) is 2.76. The highest BCUT2D eigenvalue weighted by atomic mass is 16.5. The Bertz CT molecular complexity index is 500. The molecule has 0 fully saturated rings. The van der Waals surface area contributed by atoms with Crippen LogP contribution in [0, 0.1) is 6.92 Å². The summed E-state index contributed by atoms with van der Waals surface area (Å²) in [6.45, 7) is 6.60. The highest BCUT2D eigenvalue weighted by molar-refractivity contribution is 5.57. The van der Waals surface area contributed by atoms with E-state index in [4.69, 9.17) is 4.74 Å². The lowest BCUT2D eigenvalue weighted by Crippen LogP contribution is -1.94. The number of hydrogen-bond acceptors (Lipinski definition) is 1. The quantitative estimate of drug-likeness (QED) is 0.708. The summed E-state index contributed by atoms with van der Waals surface area (Å²) in [4.78, 5) is 0. The van der Waals surface area contributed by atoms with Crippen LogP contribution >= 0.6 is 0 Å². The highest BCUT2D eigenvalue weighted by Gasteiger charge is 2.01. The minimum absolute atomic E-state index is 0.570. The molecule has 0 aromatic heterocycles. The topological polar surface area (TPSA) is 9.23 Å². The maximum Gasteiger partial charge on any atom is 0.119 e. The molecule has 17 heavy (non-hydrogen) atoms. The van der Waals surface area contributed by atoms with Crippen molar-refractivity contribution in [3.63, 3.8) is 0 Å². The van der Waals surface area contributed by atoms with Gasteiger partial charge in [0.25, 0.3) is 0 Å². The SMILES string of the molecule is C=C(OCc1ccccc1C)c1ccccc1. The minimum atomic E-state index is 0.570. The summed E-state index contributed by atoms with van der Waals surface area (Å²) in [6, 6.07) is 18.2. The average Bonchev–Trinajstić information content (AvgIpc) is 2.38. The van der Waals surface area contributed by atoms with Crippen LogP contribution in [0.3, 0.4) is 0 Å². The van der Waals surface area contributed by atoms with Crippen LogP contribution < -0.4 is 0 Å². The summed E-state index contributed by atoms with van der Waals surface area (Å²) in [5.74, 6) is 0.717. The van der Waals surface area contributed by atoms with Gasteiger partial charge < -0.3 is 4.74 Å². The molecule has 0 aliphatic carbocycles. The maximum absolute atomic E-state index is 5.70. The van der Waals surface area contributed by atoms with Crippen LogP contribution in [0.5, 0.6) is 0 Å². The third kappa shape index (κ3) is 2.97. The van der Waals surface area contributed by atoms with E-state index in [0.29, 0.717) is 12.4 Å². The van der Waals surface area contributed by atoms with Gasteiger partial charge in [-0.15, -0.1) is 0 Å². The van der Waals surface area contributed by atoms with Gasteiger partial charge in [-0.05, 0) is 18.1 Å². The van der Waals surface area contributed by atoms with Crippen LogP contribution in [-0.2, 0) is 11.3 Å². The summed E-state index contributed by atoms with van der Waals surface area (Å²) >= 11 is 0. The Morgan fingerprint density at radius 2 is 1.65 bits per heavy atom. The van der Waals surface area contributed by atoms with E-state index in [1.165, 1.54) is 11.1 Å². The van der Waals surface area contributed by atoms with Crippen molar-refractivity contribution in [3.8, 4) is 0 Å². The van der Waals surface area contributed by atoms with Gasteiger partial charge in [0, 0.05) is 5.56 Å². The standard InChI is InChI=1S/C16H16O/c1-13-8-6-7-11-16(13)12-17-14(2)15-9-4-3-5-10-15/h3-11H,2,12H2,1H3. The molecule has 0 bridgehead atoms. The smallest absolute Gasteiger partial charge is 0.119 e. The molecule has 1 heteroatoms. The van der Waals surface area contributed by atoms with Crippen LogP contribution in [0.4, 0.5) is 0 Å². The molecule has 0 atom stereocenters. The minimum Gasteiger partial charge on any atom is -0.489 e. The summed E-state index contributed by atoms with van der Waals surface area (Å²) in [5.41, 5.74) is 3.47. The van der Waals surface area contributed by atoms with Crippen LogP contribution in [0.15, 0.2) is 61.2 Å². The van der Waals surface area contributed by atoms with Crippen molar-refractivity contribution in [3.05, 3.63) is 77.9 Å². The monoisotopic (exact) mass is 224 g/mol. The molecule has 0 amide bonds. The second kappa shape index (κ2) is 5.35. The Hall–Kier alpha value is -2.02.